The van der Waals surface area contributed by atoms with Crippen molar-refractivity contribution in [3.63, 3.8) is 0 Å². The first-order valence-electron chi connectivity index (χ1n) is 6.62. The molecule has 0 aliphatic heterocycles. The lowest BCUT2D eigenvalue weighted by molar-refractivity contribution is 0.0600. The van der Waals surface area contributed by atoms with E-state index in [2.05, 4.69) is 41.2 Å². The molecule has 0 unspecified atom stereocenters. The first-order chi connectivity index (χ1) is 9.69. The zero-order valence-electron chi connectivity index (χ0n) is 11.8. The van der Waals surface area contributed by atoms with E-state index < -0.39 is 0 Å². The van der Waals surface area contributed by atoms with Crippen molar-refractivity contribution in [2.75, 3.05) is 7.11 Å². The van der Waals surface area contributed by atoms with Crippen LogP contribution in [0.1, 0.15) is 27.0 Å². The van der Waals surface area contributed by atoms with Gasteiger partial charge in [-0.2, -0.15) is 0 Å². The van der Waals surface area contributed by atoms with Gasteiger partial charge < -0.3 is 10.1 Å². The number of hydrogen-bond acceptors (Lipinski definition) is 3. The number of aryl methyl sites for hydroxylation is 1. The molecule has 0 saturated heterocycles. The Kier molecular flexibility index (Phi) is 4.91. The minimum atomic E-state index is -0.302. The summed E-state index contributed by atoms with van der Waals surface area (Å²) < 4.78 is 4.67. The van der Waals surface area contributed by atoms with Crippen molar-refractivity contribution in [3.05, 3.63) is 70.8 Å². The highest BCUT2D eigenvalue weighted by atomic mass is 16.5. The molecule has 20 heavy (non-hydrogen) atoms. The number of esters is 1. The molecule has 3 heteroatoms. The highest BCUT2D eigenvalue weighted by molar-refractivity contribution is 5.89. The van der Waals surface area contributed by atoms with Gasteiger partial charge in [-0.1, -0.05) is 42.0 Å². The second kappa shape index (κ2) is 6.87. The SMILES string of the molecule is COC(=O)c1ccc(CNCc2ccc(C)cc2)cc1. The Labute approximate surface area is 119 Å². The topological polar surface area (TPSA) is 38.3 Å². The van der Waals surface area contributed by atoms with Gasteiger partial charge in [0.2, 0.25) is 0 Å². The summed E-state index contributed by atoms with van der Waals surface area (Å²) in [6.07, 6.45) is 0. The van der Waals surface area contributed by atoms with Crippen molar-refractivity contribution in [2.45, 2.75) is 20.0 Å². The Morgan fingerprint density at radius 2 is 1.45 bits per heavy atom. The van der Waals surface area contributed by atoms with Gasteiger partial charge in [0.15, 0.2) is 0 Å². The van der Waals surface area contributed by atoms with Crippen LogP contribution >= 0.6 is 0 Å². The summed E-state index contributed by atoms with van der Waals surface area (Å²) in [6, 6.07) is 15.9. The summed E-state index contributed by atoms with van der Waals surface area (Å²) in [6.45, 7) is 3.69. The van der Waals surface area contributed by atoms with Crippen LogP contribution in [-0.4, -0.2) is 13.1 Å². The molecule has 0 heterocycles. The molecule has 0 saturated carbocycles. The molecular formula is C17H19NO2. The van der Waals surface area contributed by atoms with Crippen LogP contribution in [-0.2, 0) is 17.8 Å². The Hall–Kier alpha value is -2.13. The van der Waals surface area contributed by atoms with Crippen molar-refractivity contribution < 1.29 is 9.53 Å². The van der Waals surface area contributed by atoms with Gasteiger partial charge in [0, 0.05) is 13.1 Å². The van der Waals surface area contributed by atoms with Crippen LogP contribution in [0.2, 0.25) is 0 Å². The first-order valence-corrected chi connectivity index (χ1v) is 6.62. The number of methoxy groups -OCH3 is 1. The molecule has 0 aliphatic carbocycles. The van der Waals surface area contributed by atoms with Crippen molar-refractivity contribution >= 4 is 5.97 Å². The molecule has 2 rings (SSSR count). The Morgan fingerprint density at radius 1 is 0.950 bits per heavy atom. The average molecular weight is 269 g/mol. The van der Waals surface area contributed by atoms with E-state index in [0.29, 0.717) is 5.56 Å². The van der Waals surface area contributed by atoms with Crippen molar-refractivity contribution in [1.82, 2.24) is 5.32 Å². The van der Waals surface area contributed by atoms with Gasteiger partial charge in [0.05, 0.1) is 12.7 Å². The maximum absolute atomic E-state index is 11.3. The van der Waals surface area contributed by atoms with Crippen molar-refractivity contribution in [2.24, 2.45) is 0 Å². The van der Waals surface area contributed by atoms with Gasteiger partial charge in [-0.3, -0.25) is 0 Å². The van der Waals surface area contributed by atoms with Gasteiger partial charge in [-0.05, 0) is 30.2 Å². The molecule has 2 aromatic carbocycles. The molecule has 1 N–H and O–H groups in total. The third-order valence-corrected chi connectivity index (χ3v) is 3.15. The molecule has 0 aliphatic rings. The Balaban J connectivity index is 1.85. The number of ether oxygens (including phenoxy) is 1. The number of carbonyl (C=O) groups is 1. The van der Waals surface area contributed by atoms with Crippen LogP contribution in [0.15, 0.2) is 48.5 Å². The van der Waals surface area contributed by atoms with E-state index in [1.54, 1.807) is 12.1 Å². The third-order valence-electron chi connectivity index (χ3n) is 3.15. The highest BCUT2D eigenvalue weighted by Gasteiger charge is 2.03. The lowest BCUT2D eigenvalue weighted by atomic mass is 10.1. The molecule has 0 aromatic heterocycles. The summed E-state index contributed by atoms with van der Waals surface area (Å²) in [5.41, 5.74) is 4.26. The minimum absolute atomic E-state index is 0.302. The fourth-order valence-corrected chi connectivity index (χ4v) is 1.93. The fourth-order valence-electron chi connectivity index (χ4n) is 1.93. The first kappa shape index (κ1) is 14.3. The summed E-state index contributed by atoms with van der Waals surface area (Å²) in [7, 11) is 1.39. The van der Waals surface area contributed by atoms with Crippen LogP contribution < -0.4 is 5.32 Å². The number of rotatable bonds is 5. The van der Waals surface area contributed by atoms with E-state index in [4.69, 9.17) is 0 Å². The second-order valence-corrected chi connectivity index (χ2v) is 4.78. The second-order valence-electron chi connectivity index (χ2n) is 4.78. The maximum Gasteiger partial charge on any atom is 0.337 e. The van der Waals surface area contributed by atoms with Crippen LogP contribution in [0.4, 0.5) is 0 Å². The highest BCUT2D eigenvalue weighted by Crippen LogP contribution is 2.07. The molecule has 0 fully saturated rings. The van der Waals surface area contributed by atoms with E-state index >= 15 is 0 Å². The predicted molar refractivity (Wildman–Crippen MR) is 79.5 cm³/mol. The Morgan fingerprint density at radius 3 is 1.95 bits per heavy atom. The fraction of sp³-hybridized carbons (Fsp3) is 0.235. The zero-order valence-corrected chi connectivity index (χ0v) is 11.8. The Bertz CT molecular complexity index is 559. The van der Waals surface area contributed by atoms with Gasteiger partial charge in [-0.15, -0.1) is 0 Å². The maximum atomic E-state index is 11.3. The standard InChI is InChI=1S/C17H19NO2/c1-13-3-5-14(6-4-13)11-18-12-15-7-9-16(10-8-15)17(19)20-2/h3-10,18H,11-12H2,1-2H3. The molecular weight excluding hydrogens is 250 g/mol. The van der Waals surface area contributed by atoms with E-state index in [9.17, 15) is 4.79 Å². The molecule has 2 aromatic rings. The lowest BCUT2D eigenvalue weighted by Crippen LogP contribution is -2.12. The number of nitrogens with one attached hydrogen (secondary N) is 1. The zero-order chi connectivity index (χ0) is 14.4. The van der Waals surface area contributed by atoms with Gasteiger partial charge >= 0.3 is 5.97 Å². The lowest BCUT2D eigenvalue weighted by Gasteiger charge is -2.06. The summed E-state index contributed by atoms with van der Waals surface area (Å²) in [5, 5.41) is 3.38. The molecule has 0 amide bonds. The quantitative estimate of drug-likeness (QED) is 0.848. The normalized spacial score (nSPS) is 10.3. The van der Waals surface area contributed by atoms with Crippen LogP contribution in [0.3, 0.4) is 0 Å². The van der Waals surface area contributed by atoms with Crippen LogP contribution in [0, 0.1) is 6.92 Å². The number of benzene rings is 2. The predicted octanol–water partition coefficient (Wildman–Crippen LogP) is 3.07. The summed E-state index contributed by atoms with van der Waals surface area (Å²) in [4.78, 5) is 11.3. The van der Waals surface area contributed by atoms with Gasteiger partial charge in [0.1, 0.15) is 0 Å². The number of carbonyl (C=O) groups excluding carboxylic acids is 1. The van der Waals surface area contributed by atoms with Crippen LogP contribution in [0.5, 0.6) is 0 Å². The largest absolute Gasteiger partial charge is 0.465 e. The monoisotopic (exact) mass is 269 g/mol. The van der Waals surface area contributed by atoms with E-state index in [0.717, 1.165) is 18.7 Å². The van der Waals surface area contributed by atoms with Crippen molar-refractivity contribution in [1.29, 1.82) is 0 Å². The van der Waals surface area contributed by atoms with E-state index in [1.165, 1.54) is 18.2 Å². The van der Waals surface area contributed by atoms with Gasteiger partial charge in [0.25, 0.3) is 0 Å². The van der Waals surface area contributed by atoms with E-state index in [-0.39, 0.29) is 5.97 Å². The van der Waals surface area contributed by atoms with Gasteiger partial charge in [-0.25, -0.2) is 4.79 Å². The average Bonchev–Trinajstić information content (AvgIpc) is 2.49. The van der Waals surface area contributed by atoms with Crippen molar-refractivity contribution in [3.8, 4) is 0 Å². The summed E-state index contributed by atoms with van der Waals surface area (Å²) >= 11 is 0. The molecule has 3 nitrogen and oxygen atoms in total. The number of hydrogen-bond donors (Lipinski definition) is 1. The van der Waals surface area contributed by atoms with E-state index in [1.807, 2.05) is 12.1 Å². The molecule has 0 radical (unpaired) electrons. The molecule has 0 atom stereocenters. The molecule has 0 spiro atoms. The summed E-state index contributed by atoms with van der Waals surface area (Å²) in [5.74, 6) is -0.302. The third kappa shape index (κ3) is 3.93. The van der Waals surface area contributed by atoms with Crippen LogP contribution in [0.25, 0.3) is 0 Å². The molecule has 104 valence electrons. The smallest absolute Gasteiger partial charge is 0.337 e. The molecule has 0 bridgehead atoms. The minimum Gasteiger partial charge on any atom is -0.465 e.